The van der Waals surface area contributed by atoms with E-state index in [1.54, 1.807) is 46.4 Å². The number of nitrogens with zero attached hydrogens (tertiary/aromatic N) is 6. The molecule has 0 bridgehead atoms. The number of fused-ring (bicyclic) bond motifs is 2. The molecule has 0 fully saturated rings. The van der Waals surface area contributed by atoms with Crippen LogP contribution in [0.4, 0.5) is 0 Å². The average molecular weight is 894 g/mol. The molecule has 0 aliphatic heterocycles. The second-order valence-corrected chi connectivity index (χ2v) is 14.3. The minimum absolute atomic E-state index is 0. The summed E-state index contributed by atoms with van der Waals surface area (Å²) in [6.07, 6.45) is 0. The van der Waals surface area contributed by atoms with Crippen molar-refractivity contribution < 1.29 is 49.4 Å². The first-order chi connectivity index (χ1) is 27.5. The van der Waals surface area contributed by atoms with E-state index in [1.165, 1.54) is 27.6 Å². The Kier molecular flexibility index (Phi) is 17.8. The normalized spacial score (nSPS) is 9.88. The van der Waals surface area contributed by atoms with Crippen molar-refractivity contribution in [3.63, 3.8) is 0 Å². The summed E-state index contributed by atoms with van der Waals surface area (Å²) in [4.78, 5) is 30.5. The average Bonchev–Trinajstić information content (AvgIpc) is 4.02. The maximum atomic E-state index is 10.5. The fraction of sp³-hybridized carbons (Fsp3) is 0. The molecule has 0 aliphatic rings. The molecule has 0 aliphatic carbocycles. The van der Waals surface area contributed by atoms with Crippen LogP contribution >= 0.6 is 72.8 Å². The molecule has 9 rings (SSSR count). The van der Waals surface area contributed by atoms with E-state index in [9.17, 15) is 14.7 Å². The van der Waals surface area contributed by atoms with Crippen molar-refractivity contribution in [1.29, 1.82) is 0 Å². The summed E-state index contributed by atoms with van der Waals surface area (Å²) in [6.45, 7) is 0. The van der Waals surface area contributed by atoms with Crippen LogP contribution in [0, 0.1) is 18.3 Å². The van der Waals surface area contributed by atoms with Gasteiger partial charge in [0.15, 0.2) is 8.73 Å². The Morgan fingerprint density at radius 1 is 0.638 bits per heavy atom. The molecule has 0 atom stereocenters. The van der Waals surface area contributed by atoms with Crippen molar-refractivity contribution in [2.45, 2.75) is 4.90 Å². The van der Waals surface area contributed by atoms with E-state index in [0.717, 1.165) is 26.2 Å². The zero-order valence-corrected chi connectivity index (χ0v) is 36.9. The number of benzene rings is 5. The zero-order valence-electron chi connectivity index (χ0n) is 30.0. The van der Waals surface area contributed by atoms with E-state index < -0.39 is 11.9 Å². The molecule has 4 aromatic heterocycles. The van der Waals surface area contributed by atoms with Gasteiger partial charge in [0.25, 0.3) is 0 Å². The van der Waals surface area contributed by atoms with Crippen LogP contribution in [0.5, 0.6) is 0 Å². The molecule has 15 nitrogen and oxygen atoms in total. The molecule has 0 saturated heterocycles. The molecule has 0 radical (unpaired) electrons. The van der Waals surface area contributed by atoms with Crippen molar-refractivity contribution >= 4 is 106 Å². The summed E-state index contributed by atoms with van der Waals surface area (Å²) in [5.41, 5.74) is 5.21. The van der Waals surface area contributed by atoms with Gasteiger partial charge in [-0.2, -0.15) is 10.4 Å². The molecule has 5 aromatic carbocycles. The monoisotopic (exact) mass is 893 g/mol. The fourth-order valence-electron chi connectivity index (χ4n) is 4.58. The summed E-state index contributed by atoms with van der Waals surface area (Å²) in [6, 6.07) is 38.3. The van der Waals surface area contributed by atoms with Gasteiger partial charge in [0, 0.05) is 4.90 Å². The number of thiazole rings is 1. The van der Waals surface area contributed by atoms with E-state index >= 15 is 0 Å². The van der Waals surface area contributed by atoms with Crippen LogP contribution in [0.2, 0.25) is 0 Å². The number of para-hydroxylation sites is 4. The third-order valence-electron chi connectivity index (χ3n) is 7.20. The van der Waals surface area contributed by atoms with Crippen molar-refractivity contribution in [3.8, 4) is 11.4 Å². The van der Waals surface area contributed by atoms with Gasteiger partial charge in [0.2, 0.25) is 9.54 Å². The number of carbonyl (C=O) groups excluding carboxylic acids is 1. The van der Waals surface area contributed by atoms with Gasteiger partial charge in [-0.3, -0.25) is 0 Å². The molecule has 58 heavy (non-hydrogen) atoms. The number of carbonyl (C=O) groups is 2. The summed E-state index contributed by atoms with van der Waals surface area (Å²) < 4.78 is 6.55. The van der Waals surface area contributed by atoms with E-state index in [4.69, 9.17) is 54.0 Å². The Morgan fingerprint density at radius 2 is 1.12 bits per heavy atom. The topological polar surface area (TPSA) is 218 Å². The molecule has 0 spiro atoms. The molecule has 288 valence electrons. The Bertz CT molecular complexity index is 2800. The van der Waals surface area contributed by atoms with Gasteiger partial charge in [-0.1, -0.05) is 87.4 Å². The van der Waals surface area contributed by atoms with Gasteiger partial charge in [0.05, 0.1) is 44.2 Å². The minimum Gasteiger partial charge on any atom is -0.545 e. The Morgan fingerprint density at radius 3 is 1.59 bits per heavy atom. The number of hydrogen-bond donors (Lipinski definition) is 7. The molecule has 4 heterocycles. The number of tetrazole rings is 2. The fourth-order valence-corrected chi connectivity index (χ4v) is 6.55. The number of aromatic nitrogens is 11. The second kappa shape index (κ2) is 22.6. The summed E-state index contributed by atoms with van der Waals surface area (Å²) >= 11 is 25.3. The van der Waals surface area contributed by atoms with Gasteiger partial charge in [-0.15, -0.1) is 24.0 Å². The first kappa shape index (κ1) is 45.5. The number of thiol groups is 1. The van der Waals surface area contributed by atoms with Crippen molar-refractivity contribution in [2.75, 3.05) is 0 Å². The Hall–Kier alpha value is -5.23. The number of hydrogen-bond acceptors (Lipinski definition) is 13. The van der Waals surface area contributed by atoms with E-state index in [1.807, 2.05) is 72.8 Å². The van der Waals surface area contributed by atoms with Crippen LogP contribution in [0.25, 0.3) is 32.6 Å². The number of rotatable bonds is 4. The molecule has 0 unspecified atom stereocenters. The number of aromatic carboxylic acids is 2. The number of aromatic amines is 5. The summed E-state index contributed by atoms with van der Waals surface area (Å²) in [7, 11) is 0. The molecule has 22 heteroatoms. The van der Waals surface area contributed by atoms with Gasteiger partial charge in [-0.05, 0) is 115 Å². The Balaban J connectivity index is 0.000000161. The molecular weight excluding hydrogens is 866 g/mol. The van der Waals surface area contributed by atoms with E-state index in [-0.39, 0.29) is 45.5 Å². The van der Waals surface area contributed by atoms with Gasteiger partial charge in [0.1, 0.15) is 0 Å². The SMILES string of the molecule is O=C(O)c1ccccc1S.O=C([O-])c1ccc(-n2[nH]nnc2=S)cc1.S=c1[nH]c2ccccc2[nH]1.S=c1[nH]c2ccccc2s1.S=c1nn[nH]n1-c1ccccc1.[Na+]. The van der Waals surface area contributed by atoms with Gasteiger partial charge < -0.3 is 30.0 Å². The standard InChI is InChI=1S/C8H6N4O2S.C7H6N4S.C7H6N2S.C7H5NS2.C7H6O2S.Na/c13-7(14)5-1-3-6(4-2-5)12-8(15)9-10-11-12;12-7-8-9-10-11(7)6-4-2-1-3-5-6;10-7-8-5-3-1-2-4-6(5)9-7;9-7-8-5-3-1-2-4-6(5)10-7;8-7(9)5-3-1-2-4-6(5)10;/h1-4H,(H,13,14)(H,9,11,15);1-5H,(H,8,10,12);1-4H,(H2,8,9,10);1-4H,(H,8,9);1-4,10H,(H,8,9);/q;;;;;+1/p-1. The molecule has 0 saturated carbocycles. The second-order valence-electron chi connectivity index (χ2n) is 11.0. The predicted octanol–water partition coefficient (Wildman–Crippen LogP) is 4.88. The summed E-state index contributed by atoms with van der Waals surface area (Å²) in [5.74, 6) is -2.15. The predicted molar refractivity (Wildman–Crippen MR) is 229 cm³/mol. The molecule has 0 amide bonds. The number of carboxylic acid groups (broad SMARTS) is 2. The largest absolute Gasteiger partial charge is 1.00 e. The van der Waals surface area contributed by atoms with Crippen LogP contribution in [0.15, 0.2) is 132 Å². The quantitative estimate of drug-likeness (QED) is 0.0716. The molecule has 9 aromatic rings. The number of H-pyrrole nitrogens is 5. The third kappa shape index (κ3) is 13.2. The van der Waals surface area contributed by atoms with Crippen LogP contribution in [0.1, 0.15) is 20.7 Å². The summed E-state index contributed by atoms with van der Waals surface area (Å²) in [5, 5.41) is 38.6. The maximum Gasteiger partial charge on any atom is 1.00 e. The molecular formula is C36H28N11NaO4S6. The minimum atomic E-state index is -1.21. The van der Waals surface area contributed by atoms with Gasteiger partial charge >= 0.3 is 35.5 Å². The number of imidazole rings is 1. The van der Waals surface area contributed by atoms with E-state index in [2.05, 4.69) is 64.7 Å². The zero-order chi connectivity index (χ0) is 40.7. The number of nitrogens with one attached hydrogen (secondary N) is 5. The van der Waals surface area contributed by atoms with Crippen LogP contribution in [0.3, 0.4) is 0 Å². The number of carboxylic acids is 2. The van der Waals surface area contributed by atoms with Crippen LogP contribution < -0.4 is 34.7 Å². The van der Waals surface area contributed by atoms with Crippen LogP contribution in [-0.2, 0) is 0 Å². The first-order valence-electron chi connectivity index (χ1n) is 16.1. The maximum absolute atomic E-state index is 10.5. The van der Waals surface area contributed by atoms with Crippen molar-refractivity contribution in [1.82, 2.24) is 55.4 Å². The van der Waals surface area contributed by atoms with E-state index in [0.29, 0.717) is 20.1 Å². The van der Waals surface area contributed by atoms with Crippen molar-refractivity contribution in [3.05, 3.63) is 157 Å². The Labute approximate surface area is 380 Å². The first-order valence-corrected chi connectivity index (χ1v) is 19.0. The van der Waals surface area contributed by atoms with Crippen molar-refractivity contribution in [2.24, 2.45) is 0 Å². The molecule has 6 N–H and O–H groups in total. The van der Waals surface area contributed by atoms with Crippen LogP contribution in [-0.4, -0.2) is 72.4 Å². The van der Waals surface area contributed by atoms with Gasteiger partial charge in [-0.25, -0.2) is 14.2 Å². The smallest absolute Gasteiger partial charge is 0.545 e. The third-order valence-corrected chi connectivity index (χ3v) is 9.54.